The summed E-state index contributed by atoms with van der Waals surface area (Å²) in [5.41, 5.74) is 0. The van der Waals surface area contributed by atoms with Crippen LogP contribution < -0.4 is 4.16 Å². The van der Waals surface area contributed by atoms with Crippen molar-refractivity contribution in [2.45, 2.75) is 0 Å². The third-order valence-corrected chi connectivity index (χ3v) is 4.24. The van der Waals surface area contributed by atoms with E-state index in [1.807, 2.05) is 18.2 Å². The Morgan fingerprint density at radius 1 is 1.11 bits per heavy atom. The monoisotopic (exact) mass is 212 g/mol. The van der Waals surface area contributed by atoms with Crippen molar-refractivity contribution in [1.29, 1.82) is 0 Å². The van der Waals surface area contributed by atoms with Crippen LogP contribution in [0, 0.1) is 0 Å². The number of hydrogen-bond acceptors (Lipinski definition) is 0. The summed E-state index contributed by atoms with van der Waals surface area (Å²) < 4.78 is 1.36. The van der Waals surface area contributed by atoms with Crippen LogP contribution in [0.1, 0.15) is 0 Å². The molecule has 0 heterocycles. The van der Waals surface area contributed by atoms with Crippen LogP contribution in [-0.4, -0.2) is 0 Å². The predicted octanol–water partition coefficient (Wildman–Crippen LogP) is 1.97. The first-order valence-corrected chi connectivity index (χ1v) is 7.91. The van der Waals surface area contributed by atoms with Gasteiger partial charge >= 0.3 is 60.3 Å². The number of halogens is 2. The molecule has 0 spiro atoms. The summed E-state index contributed by atoms with van der Waals surface area (Å²) in [5, 5.41) is 0. The van der Waals surface area contributed by atoms with E-state index in [2.05, 4.69) is 12.1 Å². The maximum atomic E-state index is 5.71. The quantitative estimate of drug-likeness (QED) is 0.627. The second-order valence-corrected chi connectivity index (χ2v) is 5.28. The Morgan fingerprint density at radius 2 is 1.67 bits per heavy atom. The molecular formula is C6H6Cl2Zn. The van der Waals surface area contributed by atoms with Crippen molar-refractivity contribution in [2.24, 2.45) is 0 Å². The summed E-state index contributed by atoms with van der Waals surface area (Å²) in [4.78, 5) is 0. The van der Waals surface area contributed by atoms with Gasteiger partial charge in [-0.05, 0) is 0 Å². The molecule has 0 bridgehead atoms. The van der Waals surface area contributed by atoms with Gasteiger partial charge in [0.2, 0.25) is 0 Å². The Labute approximate surface area is 72.7 Å². The van der Waals surface area contributed by atoms with Gasteiger partial charge in [0.05, 0.1) is 0 Å². The summed E-state index contributed by atoms with van der Waals surface area (Å²) in [7, 11) is 5.71. The van der Waals surface area contributed by atoms with Crippen LogP contribution in [0.15, 0.2) is 30.3 Å². The Balaban J connectivity index is 0.000000640. The van der Waals surface area contributed by atoms with Crippen molar-refractivity contribution < 1.29 is 16.1 Å². The van der Waals surface area contributed by atoms with Crippen LogP contribution in [0.3, 0.4) is 0 Å². The summed E-state index contributed by atoms with van der Waals surface area (Å²) in [6.45, 7) is 0. The van der Waals surface area contributed by atoms with Crippen LogP contribution in [0.5, 0.6) is 0 Å². The summed E-state index contributed by atoms with van der Waals surface area (Å²) in [5.74, 6) is 0. The summed E-state index contributed by atoms with van der Waals surface area (Å²) in [6, 6.07) is 10.3. The fourth-order valence-electron chi connectivity index (χ4n) is 0.567. The molecule has 1 aromatic rings. The van der Waals surface area contributed by atoms with E-state index in [0.717, 1.165) is 0 Å². The maximum absolute atomic E-state index is 5.71. The van der Waals surface area contributed by atoms with Crippen LogP contribution >= 0.6 is 22.1 Å². The second kappa shape index (κ2) is 5.23. The van der Waals surface area contributed by atoms with E-state index in [1.165, 1.54) is 4.16 Å². The first-order chi connectivity index (χ1) is 3.93. The summed E-state index contributed by atoms with van der Waals surface area (Å²) in [6.07, 6.45) is 0. The molecule has 0 aliphatic rings. The van der Waals surface area contributed by atoms with E-state index in [-0.39, 0.29) is 12.4 Å². The van der Waals surface area contributed by atoms with Crippen molar-refractivity contribution in [2.75, 3.05) is 0 Å². The standard InChI is InChI=1S/C6H5.2ClH.Zn/c1-2-4-6-5-3-1;;;/h1-5H;2*1H;/q;;;+1/p-1. The molecule has 46 valence electrons. The van der Waals surface area contributed by atoms with Crippen molar-refractivity contribution in [3.8, 4) is 0 Å². The Hall–Kier alpha value is 0.423. The molecule has 0 saturated heterocycles. The Morgan fingerprint density at radius 3 is 2.00 bits per heavy atom. The van der Waals surface area contributed by atoms with Gasteiger partial charge in [-0.1, -0.05) is 0 Å². The van der Waals surface area contributed by atoms with E-state index in [9.17, 15) is 0 Å². The van der Waals surface area contributed by atoms with Gasteiger partial charge in [-0.25, -0.2) is 0 Å². The van der Waals surface area contributed by atoms with Crippen molar-refractivity contribution in [3.63, 3.8) is 0 Å². The Kier molecular flexibility index (Phi) is 5.47. The molecule has 0 nitrogen and oxygen atoms in total. The van der Waals surface area contributed by atoms with E-state index in [1.54, 1.807) is 0 Å². The van der Waals surface area contributed by atoms with E-state index >= 15 is 0 Å². The topological polar surface area (TPSA) is 0 Å². The van der Waals surface area contributed by atoms with Crippen molar-refractivity contribution in [3.05, 3.63) is 30.3 Å². The zero-order valence-corrected chi connectivity index (χ0v) is 9.42. The molecule has 1 rings (SSSR count). The van der Waals surface area contributed by atoms with Gasteiger partial charge < -0.3 is 0 Å². The minimum absolute atomic E-state index is 0. The fraction of sp³-hybridized carbons (Fsp3) is 0. The molecule has 0 fully saturated rings. The predicted molar refractivity (Wildman–Crippen MR) is 39.2 cm³/mol. The molecule has 0 atom stereocenters. The molecule has 1 aromatic carbocycles. The molecule has 0 unspecified atom stereocenters. The van der Waals surface area contributed by atoms with Gasteiger partial charge in [0.25, 0.3) is 0 Å². The van der Waals surface area contributed by atoms with Gasteiger partial charge in [-0.3, -0.25) is 0 Å². The van der Waals surface area contributed by atoms with Gasteiger partial charge in [0.1, 0.15) is 0 Å². The van der Waals surface area contributed by atoms with Crippen LogP contribution in [-0.2, 0) is 16.1 Å². The molecule has 0 aromatic heterocycles. The number of rotatable bonds is 1. The molecule has 0 saturated carbocycles. The average Bonchev–Trinajstić information content (AvgIpc) is 1.90. The molecule has 0 aliphatic heterocycles. The van der Waals surface area contributed by atoms with Gasteiger partial charge in [0, 0.05) is 0 Å². The number of benzene rings is 1. The molecule has 0 aliphatic carbocycles. The summed E-state index contributed by atoms with van der Waals surface area (Å²) >= 11 is -0.803. The second-order valence-electron chi connectivity index (χ2n) is 1.62. The zero-order chi connectivity index (χ0) is 5.82. The Bertz CT molecular complexity index is 152. The molecule has 0 amide bonds. The molecule has 9 heavy (non-hydrogen) atoms. The molecule has 0 radical (unpaired) electrons. The fourth-order valence-corrected chi connectivity index (χ4v) is 2.44. The first-order valence-electron chi connectivity index (χ1n) is 2.53. The van der Waals surface area contributed by atoms with Gasteiger partial charge in [-0.2, -0.15) is 0 Å². The SMILES string of the molecule is Cl.[Cl][Zn][c]1ccccc1. The third-order valence-electron chi connectivity index (χ3n) is 0.997. The van der Waals surface area contributed by atoms with Gasteiger partial charge in [-0.15, -0.1) is 12.4 Å². The van der Waals surface area contributed by atoms with E-state index < -0.39 is 16.1 Å². The zero-order valence-electron chi connectivity index (χ0n) is 4.88. The van der Waals surface area contributed by atoms with Crippen LogP contribution in [0.2, 0.25) is 0 Å². The van der Waals surface area contributed by atoms with Crippen molar-refractivity contribution in [1.82, 2.24) is 0 Å². The molecule has 3 heteroatoms. The third kappa shape index (κ3) is 3.20. The molecular weight excluding hydrogens is 208 g/mol. The van der Waals surface area contributed by atoms with E-state index in [4.69, 9.17) is 9.69 Å². The molecule has 0 N–H and O–H groups in total. The average molecular weight is 214 g/mol. The van der Waals surface area contributed by atoms with E-state index in [0.29, 0.717) is 0 Å². The van der Waals surface area contributed by atoms with Crippen LogP contribution in [0.25, 0.3) is 0 Å². The van der Waals surface area contributed by atoms with Crippen LogP contribution in [0.4, 0.5) is 0 Å². The minimum atomic E-state index is -0.803. The normalized spacial score (nSPS) is 7.22. The first kappa shape index (κ1) is 9.42. The van der Waals surface area contributed by atoms with Crippen molar-refractivity contribution >= 4 is 26.3 Å². The number of hydrogen-bond donors (Lipinski definition) is 0. The van der Waals surface area contributed by atoms with Gasteiger partial charge in [0.15, 0.2) is 0 Å².